The summed E-state index contributed by atoms with van der Waals surface area (Å²) < 4.78 is 7.64. The Bertz CT molecular complexity index is 466. The highest BCUT2D eigenvalue weighted by atomic mass is 79.9. The molecule has 2 rings (SSSR count). The first-order valence-corrected chi connectivity index (χ1v) is 6.21. The predicted molar refractivity (Wildman–Crippen MR) is 65.7 cm³/mol. The Morgan fingerprint density at radius 2 is 2.29 bits per heavy atom. The lowest BCUT2D eigenvalue weighted by molar-refractivity contribution is 0.351. The molecule has 1 aromatic heterocycles. The summed E-state index contributed by atoms with van der Waals surface area (Å²) in [4.78, 5) is 0. The van der Waals surface area contributed by atoms with Crippen LogP contribution in [0.25, 0.3) is 10.1 Å². The molecule has 0 bridgehead atoms. The van der Waals surface area contributed by atoms with Crippen LogP contribution in [0.15, 0.2) is 22.7 Å². The van der Waals surface area contributed by atoms with Gasteiger partial charge in [0.2, 0.25) is 0 Å². The lowest BCUT2D eigenvalue weighted by Gasteiger charge is -1.97. The van der Waals surface area contributed by atoms with E-state index >= 15 is 0 Å². The molecule has 1 heterocycles. The minimum absolute atomic E-state index is 0.647. The first-order valence-electron chi connectivity index (χ1n) is 4.22. The van der Waals surface area contributed by atoms with Crippen molar-refractivity contribution >= 4 is 49.0 Å². The molecule has 0 aliphatic rings. The minimum atomic E-state index is 0.647. The van der Waals surface area contributed by atoms with Gasteiger partial charge in [0.1, 0.15) is 5.02 Å². The zero-order valence-corrected chi connectivity index (χ0v) is 10.7. The van der Waals surface area contributed by atoms with Crippen molar-refractivity contribution in [2.24, 2.45) is 0 Å². The van der Waals surface area contributed by atoms with Crippen LogP contribution in [-0.2, 0) is 0 Å². The fraction of sp³-hybridized carbons (Fsp3) is 0.200. The molecular weight excluding hydrogens is 284 g/mol. The molecule has 74 valence electrons. The normalized spacial score (nSPS) is 10.8. The van der Waals surface area contributed by atoms with Gasteiger partial charge in [-0.05, 0) is 19.1 Å². The van der Waals surface area contributed by atoms with Crippen molar-refractivity contribution in [3.8, 4) is 5.06 Å². The molecule has 2 aromatic rings. The van der Waals surface area contributed by atoms with Crippen molar-refractivity contribution < 1.29 is 4.74 Å². The molecule has 0 saturated carbocycles. The topological polar surface area (TPSA) is 9.23 Å². The number of ether oxygens (including phenoxy) is 1. The quantitative estimate of drug-likeness (QED) is 0.778. The molecule has 0 spiro atoms. The number of rotatable bonds is 2. The van der Waals surface area contributed by atoms with Crippen LogP contribution < -0.4 is 4.74 Å². The van der Waals surface area contributed by atoms with Gasteiger partial charge >= 0.3 is 0 Å². The molecule has 0 unspecified atom stereocenters. The summed E-state index contributed by atoms with van der Waals surface area (Å²) in [6.45, 7) is 2.60. The van der Waals surface area contributed by atoms with Crippen LogP contribution in [0.5, 0.6) is 5.06 Å². The molecule has 4 heteroatoms. The fourth-order valence-corrected chi connectivity index (χ4v) is 3.19. The highest BCUT2D eigenvalue weighted by Crippen LogP contribution is 2.42. The van der Waals surface area contributed by atoms with E-state index < -0.39 is 0 Å². The van der Waals surface area contributed by atoms with E-state index in [1.165, 1.54) is 0 Å². The highest BCUT2D eigenvalue weighted by Gasteiger charge is 2.10. The van der Waals surface area contributed by atoms with Gasteiger partial charge in [-0.1, -0.05) is 44.9 Å². The van der Waals surface area contributed by atoms with Gasteiger partial charge in [-0.3, -0.25) is 0 Å². The largest absolute Gasteiger partial charge is 0.483 e. The van der Waals surface area contributed by atoms with Crippen LogP contribution in [0.1, 0.15) is 6.92 Å². The third kappa shape index (κ3) is 1.76. The van der Waals surface area contributed by atoms with Crippen molar-refractivity contribution in [1.29, 1.82) is 0 Å². The molecule has 0 fully saturated rings. The lowest BCUT2D eigenvalue weighted by Crippen LogP contribution is -1.87. The molecule has 0 saturated heterocycles. The third-order valence-corrected chi connectivity index (χ3v) is 3.88. The predicted octanol–water partition coefficient (Wildman–Crippen LogP) is 4.72. The van der Waals surface area contributed by atoms with Gasteiger partial charge < -0.3 is 4.74 Å². The number of benzene rings is 1. The van der Waals surface area contributed by atoms with Crippen molar-refractivity contribution in [2.45, 2.75) is 6.92 Å². The number of thiophene rings is 1. The first-order chi connectivity index (χ1) is 6.72. The molecule has 0 aliphatic heterocycles. The summed E-state index contributed by atoms with van der Waals surface area (Å²) in [6, 6.07) is 6.03. The average Bonchev–Trinajstić information content (AvgIpc) is 2.44. The van der Waals surface area contributed by atoms with Gasteiger partial charge in [-0.15, -0.1) is 0 Å². The van der Waals surface area contributed by atoms with Crippen LogP contribution in [0, 0.1) is 0 Å². The second-order valence-corrected chi connectivity index (χ2v) is 5.09. The average molecular weight is 292 g/mol. The molecule has 0 amide bonds. The van der Waals surface area contributed by atoms with Crippen LogP contribution in [0.2, 0.25) is 5.02 Å². The summed E-state index contributed by atoms with van der Waals surface area (Å²) >= 11 is 11.2. The molecule has 1 aromatic carbocycles. The summed E-state index contributed by atoms with van der Waals surface area (Å²) in [5.74, 6) is 0. The van der Waals surface area contributed by atoms with Crippen LogP contribution in [-0.4, -0.2) is 6.61 Å². The Balaban J connectivity index is 2.61. The smallest absolute Gasteiger partial charge is 0.193 e. The second-order valence-electron chi connectivity index (χ2n) is 2.78. The molecule has 0 atom stereocenters. The van der Waals surface area contributed by atoms with E-state index in [4.69, 9.17) is 16.3 Å². The minimum Gasteiger partial charge on any atom is -0.483 e. The van der Waals surface area contributed by atoms with Crippen LogP contribution in [0.3, 0.4) is 0 Å². The highest BCUT2D eigenvalue weighted by molar-refractivity contribution is 9.10. The number of fused-ring (bicyclic) bond motifs is 1. The van der Waals surface area contributed by atoms with Gasteiger partial charge in [0.25, 0.3) is 0 Å². The first kappa shape index (κ1) is 10.3. The van der Waals surface area contributed by atoms with Crippen LogP contribution >= 0.6 is 38.9 Å². The maximum Gasteiger partial charge on any atom is 0.193 e. The Labute approximate surface area is 99.8 Å². The van der Waals surface area contributed by atoms with E-state index in [9.17, 15) is 0 Å². The lowest BCUT2D eigenvalue weighted by atomic mass is 10.3. The molecule has 0 N–H and O–H groups in total. The maximum atomic E-state index is 6.16. The number of hydrogen-bond donors (Lipinski definition) is 0. The third-order valence-electron chi connectivity index (χ3n) is 1.84. The maximum absolute atomic E-state index is 6.16. The summed E-state index contributed by atoms with van der Waals surface area (Å²) in [5.41, 5.74) is 0. The summed E-state index contributed by atoms with van der Waals surface area (Å²) in [6.07, 6.45) is 0. The zero-order chi connectivity index (χ0) is 10.1. The van der Waals surface area contributed by atoms with Crippen molar-refractivity contribution in [3.05, 3.63) is 27.7 Å². The molecule has 14 heavy (non-hydrogen) atoms. The van der Waals surface area contributed by atoms with Gasteiger partial charge in [0, 0.05) is 14.6 Å². The Morgan fingerprint density at radius 3 is 3.00 bits per heavy atom. The van der Waals surface area contributed by atoms with E-state index in [0.717, 1.165) is 24.6 Å². The monoisotopic (exact) mass is 290 g/mol. The zero-order valence-electron chi connectivity index (χ0n) is 7.51. The molecule has 1 nitrogen and oxygen atoms in total. The van der Waals surface area contributed by atoms with E-state index in [1.807, 2.05) is 19.1 Å². The standard InChI is InChI=1S/C10H8BrClOS/c1-2-13-10-9(12)7-4-3-6(11)5-8(7)14-10/h3-5H,2H2,1H3. The van der Waals surface area contributed by atoms with E-state index in [2.05, 4.69) is 22.0 Å². The number of hydrogen-bond acceptors (Lipinski definition) is 2. The summed E-state index contributed by atoms with van der Waals surface area (Å²) in [7, 11) is 0. The van der Waals surface area contributed by atoms with Gasteiger partial charge in [-0.25, -0.2) is 0 Å². The van der Waals surface area contributed by atoms with Gasteiger partial charge in [-0.2, -0.15) is 0 Å². The molecular formula is C10H8BrClOS. The Morgan fingerprint density at radius 1 is 1.50 bits per heavy atom. The van der Waals surface area contributed by atoms with E-state index in [-0.39, 0.29) is 0 Å². The second kappa shape index (κ2) is 4.09. The number of halogens is 2. The Hall–Kier alpha value is -0.250. The van der Waals surface area contributed by atoms with Crippen molar-refractivity contribution in [2.75, 3.05) is 6.61 Å². The van der Waals surface area contributed by atoms with Crippen molar-refractivity contribution in [1.82, 2.24) is 0 Å². The molecule has 0 radical (unpaired) electrons. The van der Waals surface area contributed by atoms with Gasteiger partial charge in [0.05, 0.1) is 6.61 Å². The SMILES string of the molecule is CCOc1sc2cc(Br)ccc2c1Cl. The fourth-order valence-electron chi connectivity index (χ4n) is 1.24. The van der Waals surface area contributed by atoms with Crippen LogP contribution in [0.4, 0.5) is 0 Å². The Kier molecular flexibility index (Phi) is 3.00. The van der Waals surface area contributed by atoms with Gasteiger partial charge in [0.15, 0.2) is 5.06 Å². The summed E-state index contributed by atoms with van der Waals surface area (Å²) in [5, 5.41) is 2.59. The van der Waals surface area contributed by atoms with E-state index in [1.54, 1.807) is 11.3 Å². The van der Waals surface area contributed by atoms with E-state index in [0.29, 0.717) is 6.61 Å². The van der Waals surface area contributed by atoms with Crippen molar-refractivity contribution in [3.63, 3.8) is 0 Å². The molecule has 0 aliphatic carbocycles.